The van der Waals surface area contributed by atoms with Gasteiger partial charge in [0.2, 0.25) is 0 Å². The van der Waals surface area contributed by atoms with Crippen molar-refractivity contribution in [3.05, 3.63) is 73.3 Å². The van der Waals surface area contributed by atoms with E-state index >= 15 is 0 Å². The number of nitro benzene ring substituents is 1. The molecule has 1 aromatic heterocycles. The van der Waals surface area contributed by atoms with E-state index in [1.54, 1.807) is 6.20 Å². The molecule has 0 radical (unpaired) electrons. The molecule has 0 aliphatic heterocycles. The third-order valence-electron chi connectivity index (χ3n) is 3.69. The molecule has 2 aromatic carbocycles. The number of benzene rings is 2. The van der Waals surface area contributed by atoms with E-state index in [4.69, 9.17) is 17.3 Å². The molecule has 24 heavy (non-hydrogen) atoms. The van der Waals surface area contributed by atoms with Crippen LogP contribution in [0.5, 0.6) is 0 Å². The highest BCUT2D eigenvalue weighted by Crippen LogP contribution is 2.30. The van der Waals surface area contributed by atoms with E-state index in [0.29, 0.717) is 5.52 Å². The molecule has 0 atom stereocenters. The first-order valence-electron chi connectivity index (χ1n) is 6.91. The van der Waals surface area contributed by atoms with Gasteiger partial charge in [-0.05, 0) is 39.7 Å². The van der Waals surface area contributed by atoms with Gasteiger partial charge in [0.15, 0.2) is 0 Å². The van der Waals surface area contributed by atoms with Crippen LogP contribution in [0.2, 0.25) is 5.02 Å². The highest BCUT2D eigenvalue weighted by atomic mass is 79.9. The minimum atomic E-state index is -0.617. The molecule has 3 rings (SSSR count). The van der Waals surface area contributed by atoms with E-state index in [1.165, 1.54) is 22.8 Å². The summed E-state index contributed by atoms with van der Waals surface area (Å²) in [6.45, 7) is 0.272. The molecule has 3 aromatic rings. The molecule has 0 spiro atoms. The number of nitrogens with zero attached hydrogens (tertiary/aromatic N) is 2. The number of halogens is 2. The number of fused-ring (bicyclic) bond motifs is 1. The molecular formula is C16H11BrClN3O3. The molecule has 6 nitrogen and oxygen atoms in total. The molecule has 122 valence electrons. The maximum Gasteiger partial charge on any atom is 0.288 e. The fourth-order valence-electron chi connectivity index (χ4n) is 2.56. The summed E-state index contributed by atoms with van der Waals surface area (Å²) in [6.07, 6.45) is 1.65. The summed E-state index contributed by atoms with van der Waals surface area (Å²) in [7, 11) is 0. The van der Waals surface area contributed by atoms with Gasteiger partial charge in [0.05, 0.1) is 10.4 Å². The molecule has 0 aliphatic carbocycles. The molecule has 0 saturated carbocycles. The predicted octanol–water partition coefficient (Wildman–Crippen LogP) is 4.11. The Labute approximate surface area is 150 Å². The van der Waals surface area contributed by atoms with Gasteiger partial charge in [-0.1, -0.05) is 23.7 Å². The predicted molar refractivity (Wildman–Crippen MR) is 95.4 cm³/mol. The van der Waals surface area contributed by atoms with Crippen LogP contribution >= 0.6 is 27.5 Å². The van der Waals surface area contributed by atoms with Crippen LogP contribution in [0.1, 0.15) is 15.9 Å². The minimum Gasteiger partial charge on any atom is -0.326 e. The molecule has 8 heteroatoms. The van der Waals surface area contributed by atoms with Crippen molar-refractivity contribution in [3.63, 3.8) is 0 Å². The molecule has 0 unspecified atom stereocenters. The fourth-order valence-corrected chi connectivity index (χ4v) is 3.30. The SMILES string of the molecule is NCc1cn(C(=O)c2ccc(Cl)c([N+](=O)[O-])c2)c2c(Br)cccc12. The van der Waals surface area contributed by atoms with Crippen LogP contribution in [0.15, 0.2) is 47.1 Å². The number of nitrogens with two attached hydrogens (primary N) is 1. The number of hydrogen-bond donors (Lipinski definition) is 1. The number of para-hydroxylation sites is 1. The highest BCUT2D eigenvalue weighted by Gasteiger charge is 2.20. The van der Waals surface area contributed by atoms with Crippen molar-refractivity contribution in [2.45, 2.75) is 6.54 Å². The molecule has 0 amide bonds. The van der Waals surface area contributed by atoms with Crippen LogP contribution in [0.25, 0.3) is 10.9 Å². The second-order valence-electron chi connectivity index (χ2n) is 5.09. The minimum absolute atomic E-state index is 0.0160. The lowest BCUT2D eigenvalue weighted by atomic mass is 10.1. The molecule has 0 aliphatic rings. The summed E-state index contributed by atoms with van der Waals surface area (Å²) in [5, 5.41) is 11.9. The number of carbonyl (C=O) groups excluding carboxylic acids is 1. The lowest BCUT2D eigenvalue weighted by Crippen LogP contribution is -2.11. The van der Waals surface area contributed by atoms with Crippen LogP contribution in [0, 0.1) is 10.1 Å². The zero-order chi connectivity index (χ0) is 17.4. The Hall–Kier alpha value is -2.22. The number of aromatic nitrogens is 1. The summed E-state index contributed by atoms with van der Waals surface area (Å²) in [5.41, 5.74) is 7.09. The molecule has 0 fully saturated rings. The van der Waals surface area contributed by atoms with Crippen LogP contribution in [-0.4, -0.2) is 15.4 Å². The Bertz CT molecular complexity index is 984. The maximum atomic E-state index is 12.9. The summed E-state index contributed by atoms with van der Waals surface area (Å²) in [6, 6.07) is 9.52. The Morgan fingerprint density at radius 3 is 2.75 bits per heavy atom. The lowest BCUT2D eigenvalue weighted by molar-refractivity contribution is -0.384. The number of hydrogen-bond acceptors (Lipinski definition) is 4. The third kappa shape index (κ3) is 2.71. The first-order chi connectivity index (χ1) is 11.4. The van der Waals surface area contributed by atoms with Gasteiger partial charge < -0.3 is 5.73 Å². The van der Waals surface area contributed by atoms with E-state index in [9.17, 15) is 14.9 Å². The van der Waals surface area contributed by atoms with E-state index in [0.717, 1.165) is 15.4 Å². The van der Waals surface area contributed by atoms with Crippen molar-refractivity contribution in [2.75, 3.05) is 0 Å². The first-order valence-corrected chi connectivity index (χ1v) is 8.08. The summed E-state index contributed by atoms with van der Waals surface area (Å²) in [5.74, 6) is -0.397. The standard InChI is InChI=1S/C16H11BrClN3O3/c17-12-3-1-2-11-10(7-19)8-20(15(11)12)16(22)9-4-5-13(18)14(6-9)21(23)24/h1-6,8H,7,19H2. The van der Waals surface area contributed by atoms with E-state index in [2.05, 4.69) is 15.9 Å². The average molecular weight is 409 g/mol. The van der Waals surface area contributed by atoms with E-state index in [1.807, 2.05) is 18.2 Å². The highest BCUT2D eigenvalue weighted by molar-refractivity contribution is 9.10. The monoisotopic (exact) mass is 407 g/mol. The quantitative estimate of drug-likeness (QED) is 0.521. The smallest absolute Gasteiger partial charge is 0.288 e. The average Bonchev–Trinajstić information content (AvgIpc) is 2.94. The largest absolute Gasteiger partial charge is 0.326 e. The zero-order valence-corrected chi connectivity index (χ0v) is 14.5. The molecular weight excluding hydrogens is 398 g/mol. The Kier molecular flexibility index (Phi) is 4.40. The van der Waals surface area contributed by atoms with Crippen LogP contribution in [-0.2, 0) is 6.54 Å². The van der Waals surface area contributed by atoms with Gasteiger partial charge in [-0.15, -0.1) is 0 Å². The first kappa shape index (κ1) is 16.6. The Balaban J connectivity index is 2.20. The topological polar surface area (TPSA) is 91.2 Å². The number of nitro groups is 1. The Morgan fingerprint density at radius 2 is 2.08 bits per heavy atom. The fraction of sp³-hybridized carbons (Fsp3) is 0.0625. The van der Waals surface area contributed by atoms with Gasteiger partial charge in [0.25, 0.3) is 11.6 Å². The van der Waals surface area contributed by atoms with Crippen molar-refractivity contribution in [1.82, 2.24) is 4.57 Å². The second kappa shape index (κ2) is 6.35. The van der Waals surface area contributed by atoms with Crippen LogP contribution in [0.3, 0.4) is 0 Å². The summed E-state index contributed by atoms with van der Waals surface area (Å²) in [4.78, 5) is 23.3. The molecule has 1 heterocycles. The van der Waals surface area contributed by atoms with Gasteiger partial charge in [-0.25, -0.2) is 0 Å². The van der Waals surface area contributed by atoms with Crippen molar-refractivity contribution in [2.24, 2.45) is 5.73 Å². The molecule has 0 bridgehead atoms. The van der Waals surface area contributed by atoms with Gasteiger partial charge in [0, 0.05) is 34.2 Å². The molecule has 2 N–H and O–H groups in total. The van der Waals surface area contributed by atoms with Crippen molar-refractivity contribution in [3.8, 4) is 0 Å². The van der Waals surface area contributed by atoms with Crippen molar-refractivity contribution < 1.29 is 9.72 Å². The summed E-state index contributed by atoms with van der Waals surface area (Å²) >= 11 is 9.24. The maximum absolute atomic E-state index is 12.9. The van der Waals surface area contributed by atoms with Crippen molar-refractivity contribution >= 4 is 50.0 Å². The third-order valence-corrected chi connectivity index (χ3v) is 4.65. The van der Waals surface area contributed by atoms with Gasteiger partial charge in [-0.2, -0.15) is 0 Å². The molecule has 0 saturated heterocycles. The normalized spacial score (nSPS) is 11.0. The van der Waals surface area contributed by atoms with Crippen LogP contribution < -0.4 is 5.73 Å². The number of carbonyl (C=O) groups is 1. The van der Waals surface area contributed by atoms with E-state index < -0.39 is 10.8 Å². The van der Waals surface area contributed by atoms with E-state index in [-0.39, 0.29) is 22.8 Å². The summed E-state index contributed by atoms with van der Waals surface area (Å²) < 4.78 is 2.17. The zero-order valence-electron chi connectivity index (χ0n) is 12.2. The Morgan fingerprint density at radius 1 is 1.33 bits per heavy atom. The van der Waals surface area contributed by atoms with Gasteiger partial charge >= 0.3 is 0 Å². The van der Waals surface area contributed by atoms with Gasteiger partial charge in [0.1, 0.15) is 5.02 Å². The van der Waals surface area contributed by atoms with Crippen molar-refractivity contribution in [1.29, 1.82) is 0 Å². The lowest BCUT2D eigenvalue weighted by Gasteiger charge is -2.06. The van der Waals surface area contributed by atoms with Crippen LogP contribution in [0.4, 0.5) is 5.69 Å². The number of rotatable bonds is 3. The van der Waals surface area contributed by atoms with Gasteiger partial charge in [-0.3, -0.25) is 19.5 Å². The second-order valence-corrected chi connectivity index (χ2v) is 6.35.